The summed E-state index contributed by atoms with van der Waals surface area (Å²) in [5.74, 6) is -0.210. The van der Waals surface area contributed by atoms with Gasteiger partial charge < -0.3 is 0 Å². The minimum Gasteiger partial charge on any atom is -0.207 e. The molecule has 1 atom stereocenters. The highest BCUT2D eigenvalue weighted by Gasteiger charge is 2.18. The van der Waals surface area contributed by atoms with Crippen molar-refractivity contribution in [2.24, 2.45) is 0 Å². The minimum atomic E-state index is -0.210. The third-order valence-corrected chi connectivity index (χ3v) is 6.29. The molecule has 0 aromatic heterocycles. The lowest BCUT2D eigenvalue weighted by Crippen LogP contribution is -1.97. The average molecular weight is 408 g/mol. The van der Waals surface area contributed by atoms with E-state index >= 15 is 0 Å². The first-order valence-electron chi connectivity index (χ1n) is 10.2. The molecule has 146 valence electrons. The molecule has 30 heavy (non-hydrogen) atoms. The van der Waals surface area contributed by atoms with Gasteiger partial charge in [-0.3, -0.25) is 0 Å². The van der Waals surface area contributed by atoms with E-state index in [1.54, 1.807) is 12.1 Å². The molecule has 0 spiro atoms. The Morgan fingerprint density at radius 2 is 1.40 bits per heavy atom. The number of rotatable bonds is 3. The van der Waals surface area contributed by atoms with Gasteiger partial charge in [0.25, 0.3) is 0 Å². The number of fused-ring (bicyclic) bond motifs is 2. The zero-order chi connectivity index (χ0) is 20.7. The lowest BCUT2D eigenvalue weighted by Gasteiger charge is -2.21. The highest BCUT2D eigenvalue weighted by Crippen LogP contribution is 2.43. The summed E-state index contributed by atoms with van der Waals surface area (Å²) in [6.07, 6.45) is 0.786. The molecule has 0 heterocycles. The van der Waals surface area contributed by atoms with Gasteiger partial charge in [0.05, 0.1) is 0 Å². The van der Waals surface area contributed by atoms with E-state index < -0.39 is 0 Å². The second-order valence-electron chi connectivity index (χ2n) is 7.69. The van der Waals surface area contributed by atoms with E-state index in [1.165, 1.54) is 49.9 Å². The monoisotopic (exact) mass is 408 g/mol. The SMILES string of the molecule is Cc1ccc2ccccc2c1-c1c(CP)c(-c2cccc(F)c2)cc2ccccc12. The van der Waals surface area contributed by atoms with Crippen LogP contribution in [0.1, 0.15) is 11.1 Å². The summed E-state index contributed by atoms with van der Waals surface area (Å²) in [6, 6.07) is 30.6. The van der Waals surface area contributed by atoms with Crippen LogP contribution in [-0.2, 0) is 6.16 Å². The van der Waals surface area contributed by atoms with Gasteiger partial charge in [0.15, 0.2) is 0 Å². The molecule has 0 aliphatic heterocycles. The third kappa shape index (κ3) is 3.11. The summed E-state index contributed by atoms with van der Waals surface area (Å²) in [4.78, 5) is 0. The van der Waals surface area contributed by atoms with Gasteiger partial charge in [0.2, 0.25) is 0 Å². The summed E-state index contributed by atoms with van der Waals surface area (Å²) in [5, 5.41) is 4.88. The highest BCUT2D eigenvalue weighted by molar-refractivity contribution is 7.15. The van der Waals surface area contributed by atoms with Crippen molar-refractivity contribution in [2.45, 2.75) is 13.1 Å². The third-order valence-electron chi connectivity index (χ3n) is 5.88. The van der Waals surface area contributed by atoms with Gasteiger partial charge in [-0.1, -0.05) is 72.8 Å². The van der Waals surface area contributed by atoms with E-state index in [-0.39, 0.29) is 5.82 Å². The zero-order valence-corrected chi connectivity index (χ0v) is 18.0. The summed E-state index contributed by atoms with van der Waals surface area (Å²) in [7, 11) is 2.89. The first kappa shape index (κ1) is 19.0. The van der Waals surface area contributed by atoms with Crippen molar-refractivity contribution < 1.29 is 4.39 Å². The van der Waals surface area contributed by atoms with E-state index in [1.807, 2.05) is 6.07 Å². The minimum absolute atomic E-state index is 0.210. The van der Waals surface area contributed by atoms with Crippen molar-refractivity contribution >= 4 is 30.8 Å². The van der Waals surface area contributed by atoms with Gasteiger partial charge in [0, 0.05) is 0 Å². The Morgan fingerprint density at radius 3 is 2.13 bits per heavy atom. The van der Waals surface area contributed by atoms with Gasteiger partial charge in [0.1, 0.15) is 5.82 Å². The Hall–Kier alpha value is -3.02. The Balaban J connectivity index is 1.97. The molecule has 0 amide bonds. The second kappa shape index (κ2) is 7.67. The topological polar surface area (TPSA) is 0 Å². The Bertz CT molecular complexity index is 1400. The predicted octanol–water partition coefficient (Wildman–Crippen LogP) is 8.15. The molecule has 5 aromatic rings. The Morgan fingerprint density at radius 1 is 0.700 bits per heavy atom. The van der Waals surface area contributed by atoms with Crippen LogP contribution in [0.4, 0.5) is 4.39 Å². The molecular formula is C28H22FP. The van der Waals surface area contributed by atoms with Gasteiger partial charge in [-0.15, -0.1) is 9.24 Å². The smallest absolute Gasteiger partial charge is 0.123 e. The lowest BCUT2D eigenvalue weighted by molar-refractivity contribution is 0.628. The van der Waals surface area contributed by atoms with E-state index in [2.05, 4.69) is 82.9 Å². The summed E-state index contributed by atoms with van der Waals surface area (Å²) in [6.45, 7) is 2.18. The standard InChI is InChI=1S/C28H22FP/c1-18-13-14-19-7-2-4-11-23(19)27(18)28-24-12-5-3-8-21(24)16-25(26(28)17-30)20-9-6-10-22(29)15-20/h2-16H,17,30H2,1H3. The van der Waals surface area contributed by atoms with E-state index in [9.17, 15) is 4.39 Å². The van der Waals surface area contributed by atoms with Crippen molar-refractivity contribution in [1.29, 1.82) is 0 Å². The van der Waals surface area contributed by atoms with Crippen LogP contribution in [0, 0.1) is 12.7 Å². The largest absolute Gasteiger partial charge is 0.207 e. The maximum Gasteiger partial charge on any atom is 0.123 e. The van der Waals surface area contributed by atoms with Crippen molar-refractivity contribution in [2.75, 3.05) is 0 Å². The molecule has 0 nitrogen and oxygen atoms in total. The van der Waals surface area contributed by atoms with Crippen molar-refractivity contribution in [3.63, 3.8) is 0 Å². The molecular weight excluding hydrogens is 386 g/mol. The lowest BCUT2D eigenvalue weighted by atomic mass is 9.84. The van der Waals surface area contributed by atoms with Gasteiger partial charge in [-0.05, 0) is 86.2 Å². The van der Waals surface area contributed by atoms with Gasteiger partial charge >= 0.3 is 0 Å². The van der Waals surface area contributed by atoms with Gasteiger partial charge in [-0.2, -0.15) is 0 Å². The highest BCUT2D eigenvalue weighted by atomic mass is 31.0. The van der Waals surface area contributed by atoms with Crippen LogP contribution in [0.3, 0.4) is 0 Å². The zero-order valence-electron chi connectivity index (χ0n) is 16.8. The Labute approximate surface area is 178 Å². The van der Waals surface area contributed by atoms with Crippen LogP contribution in [0.5, 0.6) is 0 Å². The molecule has 0 fully saturated rings. The molecule has 5 aromatic carbocycles. The van der Waals surface area contributed by atoms with Crippen LogP contribution in [-0.4, -0.2) is 0 Å². The van der Waals surface area contributed by atoms with Crippen LogP contribution in [0.15, 0.2) is 91.0 Å². The number of hydrogen-bond donors (Lipinski definition) is 0. The van der Waals surface area contributed by atoms with Gasteiger partial charge in [-0.25, -0.2) is 4.39 Å². The van der Waals surface area contributed by atoms with E-state index in [0.717, 1.165) is 17.3 Å². The molecule has 0 N–H and O–H groups in total. The molecule has 0 aliphatic rings. The van der Waals surface area contributed by atoms with Crippen LogP contribution in [0.25, 0.3) is 43.8 Å². The van der Waals surface area contributed by atoms with E-state index in [0.29, 0.717) is 0 Å². The summed E-state index contributed by atoms with van der Waals surface area (Å²) in [5.41, 5.74) is 6.98. The first-order chi connectivity index (χ1) is 14.7. The van der Waals surface area contributed by atoms with Crippen molar-refractivity contribution in [3.05, 3.63) is 108 Å². The molecule has 0 radical (unpaired) electrons. The summed E-state index contributed by atoms with van der Waals surface area (Å²) < 4.78 is 14.1. The maximum atomic E-state index is 14.1. The predicted molar refractivity (Wildman–Crippen MR) is 130 cm³/mol. The fourth-order valence-corrected chi connectivity index (χ4v) is 4.94. The van der Waals surface area contributed by atoms with Crippen LogP contribution in [0.2, 0.25) is 0 Å². The van der Waals surface area contributed by atoms with Crippen molar-refractivity contribution in [1.82, 2.24) is 0 Å². The fraction of sp³-hybridized carbons (Fsp3) is 0.0714. The Kier molecular flexibility index (Phi) is 4.85. The molecule has 0 aliphatic carbocycles. The average Bonchev–Trinajstić information content (AvgIpc) is 2.78. The molecule has 2 heteroatoms. The molecule has 0 saturated heterocycles. The molecule has 5 rings (SSSR count). The van der Waals surface area contributed by atoms with E-state index in [4.69, 9.17) is 0 Å². The van der Waals surface area contributed by atoms with Crippen LogP contribution < -0.4 is 0 Å². The number of aryl methyl sites for hydroxylation is 1. The molecule has 0 saturated carbocycles. The number of halogens is 1. The maximum absolute atomic E-state index is 14.1. The first-order valence-corrected chi connectivity index (χ1v) is 11.0. The normalized spacial score (nSPS) is 11.3. The quantitative estimate of drug-likeness (QED) is 0.264. The second-order valence-corrected chi connectivity index (χ2v) is 8.10. The van der Waals surface area contributed by atoms with Crippen LogP contribution >= 0.6 is 9.24 Å². The molecule has 0 bridgehead atoms. The molecule has 1 unspecified atom stereocenters. The van der Waals surface area contributed by atoms with Crippen molar-refractivity contribution in [3.8, 4) is 22.3 Å². The number of benzene rings is 5. The number of hydrogen-bond acceptors (Lipinski definition) is 0. The fourth-order valence-electron chi connectivity index (χ4n) is 4.51. The summed E-state index contributed by atoms with van der Waals surface area (Å²) >= 11 is 0.